The summed E-state index contributed by atoms with van der Waals surface area (Å²) in [6, 6.07) is 12.2. The normalized spacial score (nSPS) is 17.6. The van der Waals surface area contributed by atoms with Crippen molar-refractivity contribution in [2.24, 2.45) is 0 Å². The second kappa shape index (κ2) is 6.33. The molecule has 0 radical (unpaired) electrons. The Balaban J connectivity index is 1.98. The minimum absolute atomic E-state index is 0.0305. The number of amides is 1. The van der Waals surface area contributed by atoms with Crippen LogP contribution < -0.4 is 4.90 Å². The summed E-state index contributed by atoms with van der Waals surface area (Å²) in [5, 5.41) is 10.6. The van der Waals surface area contributed by atoms with Crippen LogP contribution in [0.4, 0.5) is 11.4 Å². The molecule has 2 aromatic rings. The molecule has 0 aromatic heterocycles. The van der Waals surface area contributed by atoms with Gasteiger partial charge >= 0.3 is 0 Å². The van der Waals surface area contributed by atoms with Crippen LogP contribution in [-0.4, -0.2) is 16.6 Å². The van der Waals surface area contributed by atoms with Gasteiger partial charge in [0.15, 0.2) is 0 Å². The fourth-order valence-electron chi connectivity index (χ4n) is 2.50. The highest BCUT2D eigenvalue weighted by atomic mass is 79.9. The van der Waals surface area contributed by atoms with Crippen molar-refractivity contribution in [3.8, 4) is 0 Å². The zero-order valence-electron chi connectivity index (χ0n) is 12.2. The zero-order chi connectivity index (χ0) is 16.6. The van der Waals surface area contributed by atoms with E-state index in [4.69, 9.17) is 0 Å². The lowest BCUT2D eigenvalue weighted by atomic mass is 10.1. The Morgan fingerprint density at radius 1 is 1.26 bits per heavy atom. The summed E-state index contributed by atoms with van der Waals surface area (Å²) >= 11 is 5.04. The minimum Gasteiger partial charge on any atom is -0.294 e. The van der Waals surface area contributed by atoms with Crippen LogP contribution in [0.15, 0.2) is 46.9 Å². The lowest BCUT2D eigenvalue weighted by Crippen LogP contribution is -2.28. The van der Waals surface area contributed by atoms with Gasteiger partial charge < -0.3 is 0 Å². The number of hydrogen-bond donors (Lipinski definition) is 0. The molecule has 0 aliphatic carbocycles. The van der Waals surface area contributed by atoms with Gasteiger partial charge in [-0.05, 0) is 58.2 Å². The van der Waals surface area contributed by atoms with Gasteiger partial charge in [-0.3, -0.25) is 19.8 Å². The highest BCUT2D eigenvalue weighted by molar-refractivity contribution is 9.10. The Morgan fingerprint density at radius 2 is 1.96 bits per heavy atom. The summed E-state index contributed by atoms with van der Waals surface area (Å²) in [7, 11) is 0. The third-order valence-corrected chi connectivity index (χ3v) is 5.47. The molecular formula is C16H13BrN2O3S. The Kier molecular flexibility index (Phi) is 4.41. The zero-order valence-corrected chi connectivity index (χ0v) is 14.6. The largest absolute Gasteiger partial charge is 0.294 e. The van der Waals surface area contributed by atoms with Crippen LogP contribution in [0.25, 0.3) is 0 Å². The number of thioether (sulfide) groups is 1. The van der Waals surface area contributed by atoms with Crippen LogP contribution in [0.1, 0.15) is 16.5 Å². The van der Waals surface area contributed by atoms with E-state index in [0.29, 0.717) is 5.75 Å². The first-order valence-corrected chi connectivity index (χ1v) is 8.76. The van der Waals surface area contributed by atoms with Crippen molar-refractivity contribution < 1.29 is 9.72 Å². The fourth-order valence-corrected chi connectivity index (χ4v) is 4.35. The smallest absolute Gasteiger partial charge is 0.269 e. The van der Waals surface area contributed by atoms with E-state index in [9.17, 15) is 14.9 Å². The summed E-state index contributed by atoms with van der Waals surface area (Å²) in [6.45, 7) is 1.99. The number of nitro groups is 1. The molecule has 2 aromatic carbocycles. The summed E-state index contributed by atoms with van der Waals surface area (Å²) in [5.41, 5.74) is 2.84. The fraction of sp³-hybridized carbons (Fsp3) is 0.188. The molecule has 0 spiro atoms. The highest BCUT2D eigenvalue weighted by Crippen LogP contribution is 2.44. The molecule has 0 N–H and O–H groups in total. The van der Waals surface area contributed by atoms with Crippen molar-refractivity contribution in [3.05, 3.63) is 68.2 Å². The molecule has 23 heavy (non-hydrogen) atoms. The summed E-state index contributed by atoms with van der Waals surface area (Å²) in [4.78, 5) is 24.4. The number of nitro benzene ring substituents is 1. The quantitative estimate of drug-likeness (QED) is 0.571. The molecule has 1 amide bonds. The van der Waals surface area contributed by atoms with Gasteiger partial charge in [0.2, 0.25) is 5.91 Å². The van der Waals surface area contributed by atoms with Gasteiger partial charge in [0.1, 0.15) is 5.37 Å². The predicted octanol–water partition coefficient (Wildman–Crippen LogP) is 4.44. The predicted molar refractivity (Wildman–Crippen MR) is 94.7 cm³/mol. The number of benzene rings is 2. The number of nitrogens with zero attached hydrogens (tertiary/aromatic N) is 2. The highest BCUT2D eigenvalue weighted by Gasteiger charge is 2.35. The topological polar surface area (TPSA) is 63.5 Å². The lowest BCUT2D eigenvalue weighted by Gasteiger charge is -2.25. The van der Waals surface area contributed by atoms with Crippen LogP contribution >= 0.6 is 27.7 Å². The van der Waals surface area contributed by atoms with Crippen LogP contribution in [0.2, 0.25) is 0 Å². The molecule has 5 nitrogen and oxygen atoms in total. The molecule has 7 heteroatoms. The second-order valence-electron chi connectivity index (χ2n) is 5.23. The maximum atomic E-state index is 12.3. The van der Waals surface area contributed by atoms with E-state index in [1.54, 1.807) is 17.0 Å². The molecule has 1 heterocycles. The summed E-state index contributed by atoms with van der Waals surface area (Å²) < 4.78 is 0.861. The van der Waals surface area contributed by atoms with Crippen molar-refractivity contribution in [3.63, 3.8) is 0 Å². The lowest BCUT2D eigenvalue weighted by molar-refractivity contribution is -0.384. The van der Waals surface area contributed by atoms with Gasteiger partial charge in [-0.15, -0.1) is 11.8 Å². The van der Waals surface area contributed by atoms with E-state index in [2.05, 4.69) is 15.9 Å². The Hall–Kier alpha value is -1.86. The second-order valence-corrected chi connectivity index (χ2v) is 7.15. The van der Waals surface area contributed by atoms with E-state index in [1.165, 1.54) is 23.9 Å². The van der Waals surface area contributed by atoms with E-state index in [0.717, 1.165) is 21.3 Å². The van der Waals surface area contributed by atoms with Crippen LogP contribution in [0.3, 0.4) is 0 Å². The van der Waals surface area contributed by atoms with E-state index >= 15 is 0 Å². The van der Waals surface area contributed by atoms with Crippen molar-refractivity contribution in [2.45, 2.75) is 12.3 Å². The summed E-state index contributed by atoms with van der Waals surface area (Å²) in [6.07, 6.45) is 0. The number of rotatable bonds is 3. The number of non-ortho nitro benzene ring substituents is 1. The maximum absolute atomic E-state index is 12.3. The van der Waals surface area contributed by atoms with Crippen molar-refractivity contribution in [2.75, 3.05) is 10.7 Å². The third-order valence-electron chi connectivity index (χ3n) is 3.62. The van der Waals surface area contributed by atoms with Crippen LogP contribution in [0, 0.1) is 17.0 Å². The van der Waals surface area contributed by atoms with Gasteiger partial charge in [0, 0.05) is 16.6 Å². The first-order valence-electron chi connectivity index (χ1n) is 6.91. The van der Waals surface area contributed by atoms with Gasteiger partial charge in [-0.25, -0.2) is 0 Å². The molecule has 1 aliphatic heterocycles. The number of aryl methyl sites for hydroxylation is 1. The van der Waals surface area contributed by atoms with Crippen LogP contribution in [0.5, 0.6) is 0 Å². The molecular weight excluding hydrogens is 380 g/mol. The SMILES string of the molecule is Cc1ccc(N2C(=O)CSC2c2ccc([N+](=O)[O-])cc2)c(Br)c1. The van der Waals surface area contributed by atoms with Crippen LogP contribution in [-0.2, 0) is 4.79 Å². The first kappa shape index (κ1) is 16.0. The minimum atomic E-state index is -0.426. The van der Waals surface area contributed by atoms with Crippen molar-refractivity contribution in [1.82, 2.24) is 0 Å². The average Bonchev–Trinajstić information content (AvgIpc) is 2.89. The molecule has 1 atom stereocenters. The molecule has 118 valence electrons. The number of carbonyl (C=O) groups excluding carboxylic acids is 1. The maximum Gasteiger partial charge on any atom is 0.269 e. The van der Waals surface area contributed by atoms with E-state index < -0.39 is 4.92 Å². The number of carbonyl (C=O) groups is 1. The average molecular weight is 393 g/mol. The van der Waals surface area contributed by atoms with Gasteiger partial charge in [-0.2, -0.15) is 0 Å². The van der Waals surface area contributed by atoms with Crippen molar-refractivity contribution in [1.29, 1.82) is 0 Å². The molecule has 1 aliphatic rings. The summed E-state index contributed by atoms with van der Waals surface area (Å²) in [5.74, 6) is 0.421. The monoisotopic (exact) mass is 392 g/mol. The van der Waals surface area contributed by atoms with Gasteiger partial charge in [0.05, 0.1) is 16.4 Å². The first-order chi connectivity index (χ1) is 11.0. The molecule has 0 bridgehead atoms. The molecule has 1 saturated heterocycles. The Morgan fingerprint density at radius 3 is 2.57 bits per heavy atom. The molecule has 3 rings (SSSR count). The molecule has 0 saturated carbocycles. The number of halogens is 1. The van der Waals surface area contributed by atoms with E-state index in [1.807, 2.05) is 25.1 Å². The molecule has 1 unspecified atom stereocenters. The Bertz CT molecular complexity index is 779. The third kappa shape index (κ3) is 3.11. The number of hydrogen-bond acceptors (Lipinski definition) is 4. The Labute approximate surface area is 146 Å². The van der Waals surface area contributed by atoms with Gasteiger partial charge in [0.25, 0.3) is 5.69 Å². The standard InChI is InChI=1S/C16H13BrN2O3S/c1-10-2-7-14(13(17)8-10)18-15(20)9-23-16(18)11-3-5-12(6-4-11)19(21)22/h2-8,16H,9H2,1H3. The molecule has 1 fully saturated rings. The van der Waals surface area contributed by atoms with E-state index in [-0.39, 0.29) is 17.0 Å². The number of anilines is 1. The van der Waals surface area contributed by atoms with Gasteiger partial charge in [-0.1, -0.05) is 6.07 Å². The van der Waals surface area contributed by atoms with Crippen molar-refractivity contribution >= 4 is 45.0 Å².